The van der Waals surface area contributed by atoms with Gasteiger partial charge in [-0.15, -0.1) is 11.3 Å². The zero-order valence-corrected chi connectivity index (χ0v) is 9.57. The van der Waals surface area contributed by atoms with Crippen molar-refractivity contribution in [3.8, 4) is 0 Å². The average Bonchev–Trinajstić information content (AvgIpc) is 2.43. The van der Waals surface area contributed by atoms with E-state index in [4.69, 9.17) is 5.11 Å². The summed E-state index contributed by atoms with van der Waals surface area (Å²) in [5, 5.41) is 14.6. The molecular formula is C9H12BrNOS. The normalized spacial score (nSPS) is 27.2. The molecule has 1 heterocycles. The van der Waals surface area contributed by atoms with E-state index in [-0.39, 0.29) is 6.10 Å². The summed E-state index contributed by atoms with van der Waals surface area (Å²) >= 11 is 5.14. The van der Waals surface area contributed by atoms with Crippen LogP contribution in [0.3, 0.4) is 0 Å². The second kappa shape index (κ2) is 4.09. The molecule has 13 heavy (non-hydrogen) atoms. The van der Waals surface area contributed by atoms with Crippen molar-refractivity contribution >= 4 is 27.3 Å². The molecular weight excluding hydrogens is 250 g/mol. The minimum atomic E-state index is -0.0632. The average molecular weight is 262 g/mol. The van der Waals surface area contributed by atoms with E-state index in [9.17, 15) is 0 Å². The molecule has 0 unspecified atom stereocenters. The Balaban J connectivity index is 1.74. The molecule has 4 heteroatoms. The van der Waals surface area contributed by atoms with Crippen LogP contribution in [0.2, 0.25) is 0 Å². The van der Waals surface area contributed by atoms with Crippen LogP contribution in [-0.4, -0.2) is 17.3 Å². The quantitative estimate of drug-likeness (QED) is 0.874. The largest absolute Gasteiger partial charge is 0.393 e. The maximum atomic E-state index is 9.07. The summed E-state index contributed by atoms with van der Waals surface area (Å²) in [5.74, 6) is 0. The van der Waals surface area contributed by atoms with E-state index in [0.717, 1.165) is 19.4 Å². The van der Waals surface area contributed by atoms with Crippen molar-refractivity contribution in [2.75, 3.05) is 0 Å². The Kier molecular flexibility index (Phi) is 3.03. The van der Waals surface area contributed by atoms with Crippen molar-refractivity contribution in [3.63, 3.8) is 0 Å². The lowest BCUT2D eigenvalue weighted by atomic mass is 9.89. The van der Waals surface area contributed by atoms with Gasteiger partial charge in [-0.3, -0.25) is 0 Å². The van der Waals surface area contributed by atoms with Gasteiger partial charge in [-0.25, -0.2) is 0 Å². The highest BCUT2D eigenvalue weighted by Crippen LogP contribution is 2.23. The molecule has 0 aromatic carbocycles. The molecule has 1 aliphatic carbocycles. The van der Waals surface area contributed by atoms with Crippen LogP contribution in [0.4, 0.5) is 0 Å². The van der Waals surface area contributed by atoms with Gasteiger partial charge in [0.15, 0.2) is 0 Å². The first-order chi connectivity index (χ1) is 6.24. The van der Waals surface area contributed by atoms with Gasteiger partial charge < -0.3 is 10.4 Å². The van der Waals surface area contributed by atoms with Crippen molar-refractivity contribution in [3.05, 3.63) is 20.8 Å². The van der Waals surface area contributed by atoms with Gasteiger partial charge in [0, 0.05) is 12.6 Å². The van der Waals surface area contributed by atoms with Crippen molar-refractivity contribution in [2.24, 2.45) is 0 Å². The number of nitrogens with one attached hydrogen (secondary N) is 1. The van der Waals surface area contributed by atoms with Gasteiger partial charge >= 0.3 is 0 Å². The van der Waals surface area contributed by atoms with Gasteiger partial charge in [-0.05, 0) is 45.8 Å². The summed E-state index contributed by atoms with van der Waals surface area (Å²) in [6.45, 7) is 0.916. The minimum Gasteiger partial charge on any atom is -0.393 e. The van der Waals surface area contributed by atoms with Crippen molar-refractivity contribution in [2.45, 2.75) is 31.5 Å². The third-order valence-corrected chi connectivity index (χ3v) is 3.88. The topological polar surface area (TPSA) is 32.3 Å². The smallest absolute Gasteiger partial charge is 0.0701 e. The van der Waals surface area contributed by atoms with Gasteiger partial charge in [0.2, 0.25) is 0 Å². The van der Waals surface area contributed by atoms with Crippen LogP contribution < -0.4 is 5.32 Å². The first-order valence-electron chi connectivity index (χ1n) is 4.38. The summed E-state index contributed by atoms with van der Waals surface area (Å²) in [7, 11) is 0. The standard InChI is InChI=1S/C9H12BrNOS/c10-9-1-6(5-13-9)4-11-7-2-8(12)3-7/h1,5,7-8,11-12H,2-4H2. The molecule has 1 aliphatic rings. The minimum absolute atomic E-state index is 0.0632. The zero-order chi connectivity index (χ0) is 9.26. The van der Waals surface area contributed by atoms with Gasteiger partial charge in [-0.1, -0.05) is 0 Å². The Morgan fingerprint density at radius 3 is 2.92 bits per heavy atom. The molecule has 0 bridgehead atoms. The van der Waals surface area contributed by atoms with Gasteiger partial charge in [-0.2, -0.15) is 0 Å². The molecule has 2 N–H and O–H groups in total. The highest BCUT2D eigenvalue weighted by Gasteiger charge is 2.26. The second-order valence-corrected chi connectivity index (χ2v) is 5.75. The Labute approximate surface area is 90.1 Å². The number of hydrogen-bond acceptors (Lipinski definition) is 3. The number of rotatable bonds is 3. The monoisotopic (exact) mass is 261 g/mol. The third kappa shape index (κ3) is 2.53. The fraction of sp³-hybridized carbons (Fsp3) is 0.556. The van der Waals surface area contributed by atoms with Crippen LogP contribution in [-0.2, 0) is 6.54 Å². The number of halogens is 1. The summed E-state index contributed by atoms with van der Waals surface area (Å²) in [5.41, 5.74) is 1.32. The maximum absolute atomic E-state index is 9.07. The Bertz CT molecular complexity index is 283. The van der Waals surface area contributed by atoms with Crippen LogP contribution in [0.15, 0.2) is 15.2 Å². The van der Waals surface area contributed by atoms with E-state index in [1.54, 1.807) is 11.3 Å². The third-order valence-electron chi connectivity index (χ3n) is 2.33. The summed E-state index contributed by atoms with van der Waals surface area (Å²) < 4.78 is 1.18. The van der Waals surface area contributed by atoms with Crippen LogP contribution in [0.5, 0.6) is 0 Å². The first kappa shape index (κ1) is 9.65. The van der Waals surface area contributed by atoms with Gasteiger partial charge in [0.1, 0.15) is 0 Å². The maximum Gasteiger partial charge on any atom is 0.0701 e. The number of aliphatic hydroxyl groups is 1. The van der Waals surface area contributed by atoms with Gasteiger partial charge in [0.25, 0.3) is 0 Å². The van der Waals surface area contributed by atoms with E-state index in [1.807, 2.05) is 0 Å². The van der Waals surface area contributed by atoms with Gasteiger partial charge in [0.05, 0.1) is 9.89 Å². The molecule has 0 amide bonds. The van der Waals surface area contributed by atoms with E-state index < -0.39 is 0 Å². The van der Waals surface area contributed by atoms with Crippen LogP contribution in [0.1, 0.15) is 18.4 Å². The summed E-state index contributed by atoms with van der Waals surface area (Å²) in [6, 6.07) is 2.65. The van der Waals surface area contributed by atoms with E-state index in [2.05, 4.69) is 32.7 Å². The van der Waals surface area contributed by atoms with E-state index in [1.165, 1.54) is 9.35 Å². The van der Waals surface area contributed by atoms with Crippen LogP contribution in [0, 0.1) is 0 Å². The second-order valence-electron chi connectivity index (χ2n) is 3.46. The van der Waals surface area contributed by atoms with Crippen LogP contribution >= 0.6 is 27.3 Å². The molecule has 0 radical (unpaired) electrons. The fourth-order valence-corrected chi connectivity index (χ4v) is 2.66. The summed E-state index contributed by atoms with van der Waals surface area (Å²) in [6.07, 6.45) is 1.75. The molecule has 2 rings (SSSR count). The molecule has 0 atom stereocenters. The molecule has 0 saturated heterocycles. The van der Waals surface area contributed by atoms with Crippen molar-refractivity contribution < 1.29 is 5.11 Å². The SMILES string of the molecule is OC1CC(NCc2csc(Br)c2)C1. The molecule has 1 fully saturated rings. The van der Waals surface area contributed by atoms with Crippen LogP contribution in [0.25, 0.3) is 0 Å². The molecule has 0 aliphatic heterocycles. The predicted octanol–water partition coefficient (Wildman–Crippen LogP) is 2.12. The highest BCUT2D eigenvalue weighted by atomic mass is 79.9. The zero-order valence-electron chi connectivity index (χ0n) is 7.16. The molecule has 1 saturated carbocycles. The molecule has 2 nitrogen and oxygen atoms in total. The van der Waals surface area contributed by atoms with Crippen molar-refractivity contribution in [1.82, 2.24) is 5.32 Å². The Hall–Kier alpha value is 0.100. The molecule has 1 aromatic heterocycles. The lowest BCUT2D eigenvalue weighted by molar-refractivity contribution is 0.0619. The van der Waals surface area contributed by atoms with Crippen molar-refractivity contribution in [1.29, 1.82) is 0 Å². The highest BCUT2D eigenvalue weighted by molar-refractivity contribution is 9.11. The predicted molar refractivity (Wildman–Crippen MR) is 57.9 cm³/mol. The lowest BCUT2D eigenvalue weighted by Crippen LogP contribution is -2.43. The number of aliphatic hydroxyl groups excluding tert-OH is 1. The van der Waals surface area contributed by atoms with E-state index in [0.29, 0.717) is 6.04 Å². The fourth-order valence-electron chi connectivity index (χ4n) is 1.46. The molecule has 0 spiro atoms. The lowest BCUT2D eigenvalue weighted by Gasteiger charge is -2.32. The molecule has 72 valence electrons. The Morgan fingerprint density at radius 2 is 2.38 bits per heavy atom. The first-order valence-corrected chi connectivity index (χ1v) is 6.05. The summed E-state index contributed by atoms with van der Waals surface area (Å²) in [4.78, 5) is 0. The number of hydrogen-bond donors (Lipinski definition) is 2. The molecule has 1 aromatic rings. The number of thiophene rings is 1. The van der Waals surface area contributed by atoms with E-state index >= 15 is 0 Å². The Morgan fingerprint density at radius 1 is 1.62 bits per heavy atom.